The molecule has 3 rings (SSSR count). The lowest BCUT2D eigenvalue weighted by Crippen LogP contribution is -2.11. The molecule has 2 aromatic heterocycles. The molecule has 0 aliphatic heterocycles. The van der Waals surface area contributed by atoms with Crippen LogP contribution in [0.5, 0.6) is 0 Å². The van der Waals surface area contributed by atoms with E-state index in [4.69, 9.17) is 16.0 Å². The third kappa shape index (κ3) is 3.77. The van der Waals surface area contributed by atoms with Crippen molar-refractivity contribution in [3.63, 3.8) is 0 Å². The molecule has 6 heteroatoms. The summed E-state index contributed by atoms with van der Waals surface area (Å²) in [5, 5.41) is 7.58. The van der Waals surface area contributed by atoms with Crippen molar-refractivity contribution in [2.45, 2.75) is 13.8 Å². The van der Waals surface area contributed by atoms with Gasteiger partial charge in [0.25, 0.3) is 5.91 Å². The van der Waals surface area contributed by atoms with Gasteiger partial charge in [0.15, 0.2) is 5.82 Å². The van der Waals surface area contributed by atoms with E-state index in [1.165, 1.54) is 12.5 Å². The van der Waals surface area contributed by atoms with Gasteiger partial charge in [-0.1, -0.05) is 31.5 Å². The van der Waals surface area contributed by atoms with Crippen LogP contribution in [0, 0.1) is 0 Å². The number of amides is 1. The molecule has 0 fully saturated rings. The van der Waals surface area contributed by atoms with E-state index < -0.39 is 0 Å². The van der Waals surface area contributed by atoms with Crippen molar-refractivity contribution in [2.75, 3.05) is 5.32 Å². The molecule has 0 atom stereocenters. The van der Waals surface area contributed by atoms with Crippen LogP contribution in [0.15, 0.2) is 59.5 Å². The molecule has 0 spiro atoms. The van der Waals surface area contributed by atoms with E-state index in [0.29, 0.717) is 16.4 Å². The number of nitrogens with one attached hydrogen (secondary N) is 1. The lowest BCUT2D eigenvalue weighted by Gasteiger charge is -2.02. The van der Waals surface area contributed by atoms with Gasteiger partial charge in [0, 0.05) is 17.3 Å². The molecule has 1 amide bonds. The highest BCUT2D eigenvalue weighted by atomic mass is 35.5. The Kier molecular flexibility index (Phi) is 5.38. The van der Waals surface area contributed by atoms with Gasteiger partial charge < -0.3 is 9.73 Å². The number of nitrogens with zero attached hydrogens (tertiary/aromatic N) is 2. The molecule has 0 radical (unpaired) electrons. The number of anilines is 1. The Morgan fingerprint density at radius 1 is 1.27 bits per heavy atom. The molecule has 5 nitrogen and oxygen atoms in total. The van der Waals surface area contributed by atoms with Crippen LogP contribution in [0.4, 0.5) is 5.82 Å². The highest BCUT2D eigenvalue weighted by Gasteiger charge is 2.09. The Hall–Kier alpha value is -2.53. The zero-order chi connectivity index (χ0) is 15.9. The van der Waals surface area contributed by atoms with Gasteiger partial charge in [0.1, 0.15) is 6.26 Å². The minimum Gasteiger partial charge on any atom is -0.472 e. The van der Waals surface area contributed by atoms with Crippen molar-refractivity contribution in [2.24, 2.45) is 0 Å². The van der Waals surface area contributed by atoms with Crippen molar-refractivity contribution in [3.8, 4) is 5.69 Å². The fraction of sp³-hybridized carbons (Fsp3) is 0.125. The summed E-state index contributed by atoms with van der Waals surface area (Å²) in [5.74, 6) is 0.186. The van der Waals surface area contributed by atoms with E-state index in [0.717, 1.165) is 5.69 Å². The number of carbonyl (C=O) groups excluding carboxylic acids is 1. The molecule has 114 valence electrons. The van der Waals surface area contributed by atoms with E-state index in [1.807, 2.05) is 26.0 Å². The zero-order valence-electron chi connectivity index (χ0n) is 12.3. The van der Waals surface area contributed by atoms with Crippen LogP contribution < -0.4 is 5.32 Å². The molecule has 0 saturated heterocycles. The summed E-state index contributed by atoms with van der Waals surface area (Å²) in [7, 11) is 0. The minimum atomic E-state index is -0.268. The average molecular weight is 318 g/mol. The number of hydrogen-bond donors (Lipinski definition) is 1. The van der Waals surface area contributed by atoms with Gasteiger partial charge >= 0.3 is 0 Å². The molecule has 3 aromatic rings. The van der Waals surface area contributed by atoms with Gasteiger partial charge in [0.05, 0.1) is 17.5 Å². The standard InChI is InChI=1S/C14H10ClN3O2.C2H6/c15-11-2-1-3-12(8-11)18-6-4-13(17-18)16-14(19)10-5-7-20-9-10;1-2/h1-9H,(H,16,17,19);1-2H3. The second kappa shape index (κ2) is 7.47. The number of furan rings is 1. The third-order valence-electron chi connectivity index (χ3n) is 2.69. The number of aromatic nitrogens is 2. The summed E-state index contributed by atoms with van der Waals surface area (Å²) in [6.45, 7) is 4.00. The van der Waals surface area contributed by atoms with Crippen LogP contribution in [-0.2, 0) is 0 Å². The summed E-state index contributed by atoms with van der Waals surface area (Å²) in [4.78, 5) is 11.8. The molecule has 0 saturated carbocycles. The van der Waals surface area contributed by atoms with Gasteiger partial charge in [-0.2, -0.15) is 5.10 Å². The van der Waals surface area contributed by atoms with Gasteiger partial charge in [-0.25, -0.2) is 4.68 Å². The van der Waals surface area contributed by atoms with Crippen LogP contribution >= 0.6 is 11.6 Å². The Morgan fingerprint density at radius 3 is 2.77 bits per heavy atom. The van der Waals surface area contributed by atoms with Crippen molar-refractivity contribution in [1.29, 1.82) is 0 Å². The normalized spacial score (nSPS) is 9.77. The molecule has 0 unspecified atom stereocenters. The van der Waals surface area contributed by atoms with Crippen LogP contribution in [-0.4, -0.2) is 15.7 Å². The lowest BCUT2D eigenvalue weighted by atomic mass is 10.3. The van der Waals surface area contributed by atoms with E-state index >= 15 is 0 Å². The molecule has 0 aliphatic carbocycles. The maximum absolute atomic E-state index is 11.8. The van der Waals surface area contributed by atoms with E-state index in [-0.39, 0.29) is 5.91 Å². The summed E-state index contributed by atoms with van der Waals surface area (Å²) >= 11 is 5.93. The first-order valence-electron chi connectivity index (χ1n) is 6.87. The summed E-state index contributed by atoms with van der Waals surface area (Å²) < 4.78 is 6.50. The molecular weight excluding hydrogens is 302 g/mol. The summed E-state index contributed by atoms with van der Waals surface area (Å²) in [5.41, 5.74) is 1.27. The predicted octanol–water partition coefficient (Wildman–Crippen LogP) is 4.40. The Morgan fingerprint density at radius 2 is 2.09 bits per heavy atom. The molecule has 2 heterocycles. The van der Waals surface area contributed by atoms with Crippen LogP contribution in [0.25, 0.3) is 5.69 Å². The topological polar surface area (TPSA) is 60.1 Å². The van der Waals surface area contributed by atoms with Gasteiger partial charge in [0.2, 0.25) is 0 Å². The fourth-order valence-electron chi connectivity index (χ4n) is 1.74. The molecule has 22 heavy (non-hydrogen) atoms. The minimum absolute atomic E-state index is 0.268. The second-order valence-electron chi connectivity index (χ2n) is 4.09. The largest absolute Gasteiger partial charge is 0.472 e. The number of rotatable bonds is 3. The number of benzene rings is 1. The number of carbonyl (C=O) groups is 1. The first-order chi connectivity index (χ1) is 10.7. The van der Waals surface area contributed by atoms with Crippen LogP contribution in [0.1, 0.15) is 24.2 Å². The fourth-order valence-corrected chi connectivity index (χ4v) is 1.92. The molecule has 0 bridgehead atoms. The monoisotopic (exact) mass is 317 g/mol. The first-order valence-corrected chi connectivity index (χ1v) is 7.25. The SMILES string of the molecule is CC.O=C(Nc1ccn(-c2cccc(Cl)c2)n1)c1ccoc1. The Balaban J connectivity index is 0.000000847. The van der Waals surface area contributed by atoms with Gasteiger partial charge in [-0.05, 0) is 24.3 Å². The van der Waals surface area contributed by atoms with Crippen LogP contribution in [0.2, 0.25) is 5.02 Å². The highest BCUT2D eigenvalue weighted by Crippen LogP contribution is 2.16. The number of halogens is 1. The number of hydrogen-bond acceptors (Lipinski definition) is 3. The Labute approximate surface area is 133 Å². The smallest absolute Gasteiger partial charge is 0.260 e. The maximum Gasteiger partial charge on any atom is 0.260 e. The summed E-state index contributed by atoms with van der Waals surface area (Å²) in [6.07, 6.45) is 4.57. The van der Waals surface area contributed by atoms with Crippen molar-refractivity contribution in [1.82, 2.24) is 9.78 Å². The van der Waals surface area contributed by atoms with Crippen molar-refractivity contribution in [3.05, 3.63) is 65.7 Å². The maximum atomic E-state index is 11.8. The summed E-state index contributed by atoms with van der Waals surface area (Å²) in [6, 6.07) is 10.6. The zero-order valence-corrected chi connectivity index (χ0v) is 13.0. The second-order valence-corrected chi connectivity index (χ2v) is 4.53. The molecule has 1 N–H and O–H groups in total. The van der Waals surface area contributed by atoms with Crippen LogP contribution in [0.3, 0.4) is 0 Å². The van der Waals surface area contributed by atoms with E-state index in [1.54, 1.807) is 35.1 Å². The van der Waals surface area contributed by atoms with Crippen molar-refractivity contribution >= 4 is 23.3 Å². The van der Waals surface area contributed by atoms with E-state index in [9.17, 15) is 4.79 Å². The van der Waals surface area contributed by atoms with E-state index in [2.05, 4.69) is 10.4 Å². The molecule has 1 aromatic carbocycles. The Bertz CT molecular complexity index is 735. The highest BCUT2D eigenvalue weighted by molar-refractivity contribution is 6.30. The van der Waals surface area contributed by atoms with Crippen molar-refractivity contribution < 1.29 is 9.21 Å². The van der Waals surface area contributed by atoms with Gasteiger partial charge in [-0.15, -0.1) is 0 Å². The molecular formula is C16H16ClN3O2. The average Bonchev–Trinajstić information content (AvgIpc) is 3.21. The van der Waals surface area contributed by atoms with Gasteiger partial charge in [-0.3, -0.25) is 4.79 Å². The molecule has 0 aliphatic rings. The third-order valence-corrected chi connectivity index (χ3v) is 2.92. The quantitative estimate of drug-likeness (QED) is 0.779. The predicted molar refractivity (Wildman–Crippen MR) is 86.6 cm³/mol. The lowest BCUT2D eigenvalue weighted by molar-refractivity contribution is 0.102. The first kappa shape index (κ1) is 15.9.